The highest BCUT2D eigenvalue weighted by atomic mass is 16.5. The second-order valence-electron chi connectivity index (χ2n) is 4.62. The summed E-state index contributed by atoms with van der Waals surface area (Å²) in [5, 5.41) is 3.10. The quantitative estimate of drug-likeness (QED) is 0.803. The molecule has 1 unspecified atom stereocenters. The van der Waals surface area contributed by atoms with Gasteiger partial charge in [-0.25, -0.2) is 14.6 Å². The molecule has 0 amide bonds. The summed E-state index contributed by atoms with van der Waals surface area (Å²) in [5.41, 5.74) is -0.0546. The highest BCUT2D eigenvalue weighted by Crippen LogP contribution is 2.22. The molecular weight excluding hydrogens is 260 g/mol. The second-order valence-corrected chi connectivity index (χ2v) is 4.62. The van der Waals surface area contributed by atoms with E-state index in [1.807, 2.05) is 6.92 Å². The van der Waals surface area contributed by atoms with E-state index in [1.54, 1.807) is 19.1 Å². The number of hydrogen-bond donors (Lipinski definition) is 1. The lowest BCUT2D eigenvalue weighted by molar-refractivity contribution is -0.145. The first-order valence-electron chi connectivity index (χ1n) is 6.37. The molecule has 0 saturated carbocycles. The Morgan fingerprint density at radius 1 is 1.35 bits per heavy atom. The third-order valence-electron chi connectivity index (χ3n) is 2.96. The Morgan fingerprint density at radius 3 is 2.60 bits per heavy atom. The summed E-state index contributed by atoms with van der Waals surface area (Å²) in [7, 11) is 2.64. The summed E-state index contributed by atoms with van der Waals surface area (Å²) < 4.78 is 9.45. The lowest BCUT2D eigenvalue weighted by Crippen LogP contribution is -2.44. The maximum absolute atomic E-state index is 11.9. The van der Waals surface area contributed by atoms with E-state index in [2.05, 4.69) is 15.0 Å². The molecule has 6 heteroatoms. The number of methoxy groups -OCH3 is 2. The van der Waals surface area contributed by atoms with Crippen LogP contribution >= 0.6 is 0 Å². The molecule has 20 heavy (non-hydrogen) atoms. The molecule has 0 spiro atoms. The van der Waals surface area contributed by atoms with E-state index in [4.69, 9.17) is 4.74 Å². The fourth-order valence-electron chi connectivity index (χ4n) is 1.98. The number of anilines is 1. The molecule has 1 aromatic rings. The number of aromatic nitrogens is 1. The minimum atomic E-state index is -0.849. The Kier molecular flexibility index (Phi) is 5.49. The van der Waals surface area contributed by atoms with Crippen LogP contribution in [-0.2, 0) is 14.3 Å². The number of ether oxygens (including phenoxy) is 2. The van der Waals surface area contributed by atoms with Gasteiger partial charge >= 0.3 is 11.9 Å². The van der Waals surface area contributed by atoms with Crippen LogP contribution in [0.25, 0.3) is 0 Å². The minimum Gasteiger partial charge on any atom is -0.467 e. The molecule has 0 saturated heterocycles. The summed E-state index contributed by atoms with van der Waals surface area (Å²) in [6.45, 7) is 3.75. The molecule has 0 radical (unpaired) electrons. The molecule has 1 heterocycles. The van der Waals surface area contributed by atoms with Gasteiger partial charge in [0.2, 0.25) is 0 Å². The van der Waals surface area contributed by atoms with Crippen LogP contribution < -0.4 is 5.32 Å². The van der Waals surface area contributed by atoms with E-state index in [-0.39, 0.29) is 11.7 Å². The van der Waals surface area contributed by atoms with Gasteiger partial charge in [0.05, 0.1) is 14.2 Å². The van der Waals surface area contributed by atoms with E-state index in [0.717, 1.165) is 6.42 Å². The average molecular weight is 280 g/mol. The van der Waals surface area contributed by atoms with Gasteiger partial charge in [0.1, 0.15) is 11.2 Å². The molecule has 0 aliphatic heterocycles. The van der Waals surface area contributed by atoms with Crippen LogP contribution in [0.15, 0.2) is 18.3 Å². The van der Waals surface area contributed by atoms with Crippen molar-refractivity contribution in [1.29, 1.82) is 0 Å². The van der Waals surface area contributed by atoms with E-state index >= 15 is 0 Å². The molecule has 0 aliphatic rings. The van der Waals surface area contributed by atoms with Crippen molar-refractivity contribution in [2.75, 3.05) is 19.5 Å². The number of esters is 2. The first-order valence-corrected chi connectivity index (χ1v) is 6.37. The number of nitrogens with zero attached hydrogens (tertiary/aromatic N) is 1. The van der Waals surface area contributed by atoms with Gasteiger partial charge in [-0.05, 0) is 25.5 Å². The number of hydrogen-bond acceptors (Lipinski definition) is 6. The molecule has 0 aliphatic carbocycles. The van der Waals surface area contributed by atoms with Crippen molar-refractivity contribution >= 4 is 17.6 Å². The minimum absolute atomic E-state index is 0.182. The fraction of sp³-hybridized carbons (Fsp3) is 0.500. The number of rotatable bonds is 6. The highest BCUT2D eigenvalue weighted by molar-refractivity contribution is 5.89. The van der Waals surface area contributed by atoms with Crippen molar-refractivity contribution in [3.63, 3.8) is 0 Å². The maximum atomic E-state index is 11.9. The summed E-state index contributed by atoms with van der Waals surface area (Å²) in [4.78, 5) is 27.3. The Hall–Kier alpha value is -2.11. The van der Waals surface area contributed by atoms with Crippen molar-refractivity contribution < 1.29 is 19.1 Å². The zero-order chi connectivity index (χ0) is 15.2. The Labute approximate surface area is 118 Å². The molecule has 0 bridgehead atoms. The van der Waals surface area contributed by atoms with Gasteiger partial charge < -0.3 is 14.8 Å². The molecular formula is C14H20N2O4. The van der Waals surface area contributed by atoms with Gasteiger partial charge in [0.15, 0.2) is 0 Å². The lowest BCUT2D eigenvalue weighted by atomic mass is 9.96. The largest absolute Gasteiger partial charge is 0.467 e. The Bertz CT molecular complexity index is 490. The van der Waals surface area contributed by atoms with Crippen LogP contribution in [0.5, 0.6) is 0 Å². The van der Waals surface area contributed by atoms with Crippen molar-refractivity contribution in [3.05, 3.63) is 24.0 Å². The van der Waals surface area contributed by atoms with Crippen molar-refractivity contribution in [1.82, 2.24) is 4.98 Å². The number of carbonyl (C=O) groups is 2. The summed E-state index contributed by atoms with van der Waals surface area (Å²) in [6, 6.07) is 3.23. The molecule has 0 fully saturated rings. The van der Waals surface area contributed by atoms with E-state index in [1.165, 1.54) is 20.4 Å². The monoisotopic (exact) mass is 280 g/mol. The van der Waals surface area contributed by atoms with Gasteiger partial charge in [-0.15, -0.1) is 0 Å². The predicted molar refractivity (Wildman–Crippen MR) is 74.5 cm³/mol. The van der Waals surface area contributed by atoms with E-state index in [9.17, 15) is 9.59 Å². The molecule has 1 rings (SSSR count). The molecule has 110 valence electrons. The standard InChI is InChI=1S/C14H20N2O4/c1-5-7-14(2,13(18)20-4)16-10-6-8-15-11(9-10)12(17)19-3/h6,8-9H,5,7H2,1-4H3,(H,15,16). The van der Waals surface area contributed by atoms with Crippen LogP contribution in [-0.4, -0.2) is 36.7 Å². The average Bonchev–Trinajstić information content (AvgIpc) is 2.45. The van der Waals surface area contributed by atoms with Crippen LogP contribution in [0.3, 0.4) is 0 Å². The SMILES string of the molecule is CCCC(C)(Nc1ccnc(C(=O)OC)c1)C(=O)OC. The number of carbonyl (C=O) groups excluding carboxylic acids is 2. The van der Waals surface area contributed by atoms with Gasteiger partial charge in [-0.2, -0.15) is 0 Å². The first kappa shape index (κ1) is 15.9. The number of pyridine rings is 1. The smallest absolute Gasteiger partial charge is 0.356 e. The molecule has 1 aromatic heterocycles. The Morgan fingerprint density at radius 2 is 2.05 bits per heavy atom. The van der Waals surface area contributed by atoms with Crippen molar-refractivity contribution in [2.24, 2.45) is 0 Å². The van der Waals surface area contributed by atoms with Crippen molar-refractivity contribution in [2.45, 2.75) is 32.2 Å². The van der Waals surface area contributed by atoms with Gasteiger partial charge in [0, 0.05) is 11.9 Å². The first-order chi connectivity index (χ1) is 9.46. The van der Waals surface area contributed by atoms with Gasteiger partial charge in [-0.1, -0.05) is 13.3 Å². The maximum Gasteiger partial charge on any atom is 0.356 e. The van der Waals surface area contributed by atoms with Crippen LogP contribution in [0, 0.1) is 0 Å². The molecule has 1 atom stereocenters. The van der Waals surface area contributed by atoms with Gasteiger partial charge in [-0.3, -0.25) is 0 Å². The van der Waals surface area contributed by atoms with Crippen LogP contribution in [0.1, 0.15) is 37.2 Å². The predicted octanol–water partition coefficient (Wildman–Crippen LogP) is 2.01. The van der Waals surface area contributed by atoms with Crippen LogP contribution in [0.2, 0.25) is 0 Å². The lowest BCUT2D eigenvalue weighted by Gasteiger charge is -2.28. The molecule has 0 aromatic carbocycles. The fourth-order valence-corrected chi connectivity index (χ4v) is 1.98. The zero-order valence-electron chi connectivity index (χ0n) is 12.2. The van der Waals surface area contributed by atoms with Crippen LogP contribution in [0.4, 0.5) is 5.69 Å². The molecule has 1 N–H and O–H groups in total. The molecule has 6 nitrogen and oxygen atoms in total. The summed E-state index contributed by atoms with van der Waals surface area (Å²) >= 11 is 0. The normalized spacial score (nSPS) is 13.2. The summed E-state index contributed by atoms with van der Waals surface area (Å²) in [5.74, 6) is -0.875. The topological polar surface area (TPSA) is 77.5 Å². The summed E-state index contributed by atoms with van der Waals surface area (Å²) in [6.07, 6.45) is 2.90. The van der Waals surface area contributed by atoms with Gasteiger partial charge in [0.25, 0.3) is 0 Å². The number of nitrogens with one attached hydrogen (secondary N) is 1. The second kappa shape index (κ2) is 6.88. The third-order valence-corrected chi connectivity index (χ3v) is 2.96. The van der Waals surface area contributed by atoms with Crippen molar-refractivity contribution in [3.8, 4) is 0 Å². The highest BCUT2D eigenvalue weighted by Gasteiger charge is 2.33. The zero-order valence-corrected chi connectivity index (χ0v) is 12.2. The van der Waals surface area contributed by atoms with E-state index in [0.29, 0.717) is 12.1 Å². The Balaban J connectivity index is 3.00. The van der Waals surface area contributed by atoms with E-state index < -0.39 is 11.5 Å². The third kappa shape index (κ3) is 3.69.